The summed E-state index contributed by atoms with van der Waals surface area (Å²) in [6, 6.07) is 9.71. The molecule has 9 nitrogen and oxygen atoms in total. The fourth-order valence-electron chi connectivity index (χ4n) is 8.40. The predicted molar refractivity (Wildman–Crippen MR) is 217 cm³/mol. The highest BCUT2D eigenvalue weighted by Gasteiger charge is 2.67. The number of Topliss-reactive ketones (excluding diaryl/α,β-unsaturated/α-hetero) is 1. The number of alkyl halides is 4. The second-order valence-electron chi connectivity index (χ2n) is 16.3. The minimum atomic E-state index is -3.45. The Morgan fingerprint density at radius 1 is 1.10 bits per heavy atom. The van der Waals surface area contributed by atoms with Crippen molar-refractivity contribution in [2.45, 2.75) is 75.0 Å². The summed E-state index contributed by atoms with van der Waals surface area (Å²) in [6.45, 7) is 2.96. The molecule has 0 radical (unpaired) electrons. The molecule has 0 bridgehead atoms. The molecule has 2 aliphatic carbocycles. The van der Waals surface area contributed by atoms with Gasteiger partial charge in [0.2, 0.25) is 0 Å². The number of carbonyl (C=O) groups is 1. The second-order valence-corrected chi connectivity index (χ2v) is 19.3. The van der Waals surface area contributed by atoms with Gasteiger partial charge in [-0.1, -0.05) is 23.6 Å². The average Bonchev–Trinajstić information content (AvgIpc) is 3.41. The van der Waals surface area contributed by atoms with E-state index in [0.29, 0.717) is 49.3 Å². The van der Waals surface area contributed by atoms with E-state index in [1.165, 1.54) is 6.26 Å². The quantitative estimate of drug-likeness (QED) is 0.0749. The predicted octanol–water partition coefficient (Wildman–Crippen LogP) is 8.79. The number of hydrogen-bond acceptors (Lipinski definition) is 6. The van der Waals surface area contributed by atoms with E-state index >= 15 is 8.78 Å². The van der Waals surface area contributed by atoms with Gasteiger partial charge in [0.25, 0.3) is 12.3 Å². The Balaban J connectivity index is 1.29. The molecule has 60 heavy (non-hydrogen) atoms. The normalized spacial score (nSPS) is 18.2. The summed E-state index contributed by atoms with van der Waals surface area (Å²) < 4.78 is 104. The maximum Gasteiger partial charge on any atom is 0.293 e. The van der Waals surface area contributed by atoms with Gasteiger partial charge >= 0.3 is 0 Å². The molecular weight excluding hydrogens is 828 g/mol. The van der Waals surface area contributed by atoms with E-state index in [4.69, 9.17) is 16.6 Å². The van der Waals surface area contributed by atoms with Gasteiger partial charge in [0.15, 0.2) is 5.78 Å². The number of rotatable bonds is 12. The number of aromatic nitrogens is 7. The van der Waals surface area contributed by atoms with Crippen molar-refractivity contribution >= 4 is 43.7 Å². The van der Waals surface area contributed by atoms with Crippen LogP contribution in [0.4, 0.5) is 26.3 Å². The molecule has 2 aromatic carbocycles. The Morgan fingerprint density at radius 2 is 1.82 bits per heavy atom. The van der Waals surface area contributed by atoms with Crippen LogP contribution in [0.3, 0.4) is 0 Å². The molecule has 2 aliphatic rings. The van der Waals surface area contributed by atoms with Crippen molar-refractivity contribution in [1.29, 1.82) is 0 Å². The molecule has 4 atom stereocenters. The number of H-pyrrole nitrogens is 1. The molecule has 4 aromatic heterocycles. The molecule has 17 heteroatoms. The molecule has 1 unspecified atom stereocenters. The first-order valence-corrected chi connectivity index (χ1v) is 21.6. The van der Waals surface area contributed by atoms with Crippen LogP contribution >= 0.6 is 11.6 Å². The van der Waals surface area contributed by atoms with Crippen LogP contribution in [0, 0.1) is 29.4 Å². The highest BCUT2D eigenvalue weighted by Crippen LogP contribution is 2.68. The average molecular weight is 866 g/mol. The van der Waals surface area contributed by atoms with Crippen molar-refractivity contribution in [3.05, 3.63) is 117 Å². The van der Waals surface area contributed by atoms with Gasteiger partial charge in [0.1, 0.15) is 41.1 Å². The van der Waals surface area contributed by atoms with Crippen molar-refractivity contribution in [3.63, 3.8) is 0 Å². The zero-order valence-corrected chi connectivity index (χ0v) is 34.4. The van der Waals surface area contributed by atoms with Gasteiger partial charge in [-0.3, -0.25) is 18.4 Å². The first-order chi connectivity index (χ1) is 28.2. The third-order valence-corrected chi connectivity index (χ3v) is 12.2. The molecule has 1 fully saturated rings. The van der Waals surface area contributed by atoms with Crippen LogP contribution < -0.4 is 0 Å². The lowest BCUT2D eigenvalue weighted by molar-refractivity contribution is -0.120. The number of carbonyl (C=O) groups excluding carboxylic acids is 1. The zero-order valence-electron chi connectivity index (χ0n) is 32.8. The minimum Gasteiger partial charge on any atom is -0.347 e. The number of fused-ring (bicyclic) bond motifs is 4. The largest absolute Gasteiger partial charge is 0.347 e. The van der Waals surface area contributed by atoms with Gasteiger partial charge in [0.05, 0.1) is 33.1 Å². The number of hydrogen-bond donors (Lipinski definition) is 1. The zero-order chi connectivity index (χ0) is 43.1. The summed E-state index contributed by atoms with van der Waals surface area (Å²) in [5.41, 5.74) is 0.225. The fourth-order valence-corrected chi connectivity index (χ4v) is 9.44. The van der Waals surface area contributed by atoms with Gasteiger partial charge < -0.3 is 4.98 Å². The van der Waals surface area contributed by atoms with E-state index in [2.05, 4.69) is 37.9 Å². The van der Waals surface area contributed by atoms with E-state index in [9.17, 15) is 26.6 Å². The number of nitrogens with zero attached hydrogens (tertiary/aromatic N) is 6. The fraction of sp³-hybridized carbons (Fsp3) is 0.349. The summed E-state index contributed by atoms with van der Waals surface area (Å²) in [4.78, 5) is 26.6. The molecule has 1 N–H and O–H groups in total. The van der Waals surface area contributed by atoms with E-state index in [1.54, 1.807) is 48.4 Å². The number of ketones is 1. The summed E-state index contributed by atoms with van der Waals surface area (Å²) in [5, 5.41) is 9.31. The number of pyridine rings is 1. The van der Waals surface area contributed by atoms with Gasteiger partial charge in [-0.15, -0.1) is 0 Å². The lowest BCUT2D eigenvalue weighted by Gasteiger charge is -2.22. The Morgan fingerprint density at radius 3 is 2.48 bits per heavy atom. The Kier molecular flexibility index (Phi) is 10.3. The molecule has 6 aromatic rings. The summed E-state index contributed by atoms with van der Waals surface area (Å²) in [6.07, 6.45) is 1.10. The van der Waals surface area contributed by atoms with Gasteiger partial charge in [0, 0.05) is 72.1 Å². The Labute approximate surface area is 346 Å². The van der Waals surface area contributed by atoms with Crippen molar-refractivity contribution in [2.75, 3.05) is 6.26 Å². The molecule has 0 aliphatic heterocycles. The molecule has 8 rings (SSSR count). The smallest absolute Gasteiger partial charge is 0.293 e. The van der Waals surface area contributed by atoms with Crippen LogP contribution in [0.5, 0.6) is 0 Å². The number of aryl methyl sites for hydroxylation is 1. The molecular formula is C43H38ClF6N7O2S. The highest BCUT2D eigenvalue weighted by molar-refractivity contribution is 7.98. The first-order valence-electron chi connectivity index (χ1n) is 18.9. The molecule has 0 saturated heterocycles. The van der Waals surface area contributed by atoms with Crippen molar-refractivity contribution in [1.82, 2.24) is 34.5 Å². The van der Waals surface area contributed by atoms with Crippen LogP contribution in [0.25, 0.3) is 22.0 Å². The van der Waals surface area contributed by atoms with Crippen molar-refractivity contribution in [2.24, 2.45) is 13.0 Å². The summed E-state index contributed by atoms with van der Waals surface area (Å²) in [5.74, 6) is 1.94. The monoisotopic (exact) mass is 865 g/mol. The molecule has 312 valence electrons. The molecule has 0 spiro atoms. The van der Waals surface area contributed by atoms with Gasteiger partial charge in [-0.25, -0.2) is 27.5 Å². The van der Waals surface area contributed by atoms with Crippen LogP contribution in [-0.4, -0.2) is 56.6 Å². The summed E-state index contributed by atoms with van der Waals surface area (Å²) >= 11 is 6.76. The maximum atomic E-state index is 15.5. The van der Waals surface area contributed by atoms with Gasteiger partial charge in [-0.05, 0) is 89.8 Å². The minimum absolute atomic E-state index is 0.0197. The lowest BCUT2D eigenvalue weighted by atomic mass is 9.86. The summed E-state index contributed by atoms with van der Waals surface area (Å²) in [7, 11) is -0.888. The number of imidazole rings is 1. The molecule has 0 amide bonds. The van der Waals surface area contributed by atoms with Crippen LogP contribution in [-0.2, 0) is 51.4 Å². The number of aromatic amines is 1. The Bertz CT molecular complexity index is 2860. The van der Waals surface area contributed by atoms with E-state index in [1.807, 2.05) is 13.8 Å². The third-order valence-electron chi connectivity index (χ3n) is 11.0. The van der Waals surface area contributed by atoms with E-state index in [-0.39, 0.29) is 41.1 Å². The van der Waals surface area contributed by atoms with Crippen molar-refractivity contribution in [3.8, 4) is 23.0 Å². The van der Waals surface area contributed by atoms with E-state index in [0.717, 1.165) is 12.1 Å². The molecule has 4 heterocycles. The maximum absolute atomic E-state index is 15.5. The SMILES string of the molecule is C=S(C)(=O)Cc1nn(C)c2c(-c3ccc(C#CC(C)(C)c4ncc[nH]4)nc3[C@@H](CC(=O)Cn3nc(C(F)F)c4c3C(F)(F)[C@@H]3C[C@H]43)Cc3cc(F)cc(F)c3)ccc(Cl)c12. The number of benzene rings is 2. The third kappa shape index (κ3) is 7.73. The van der Waals surface area contributed by atoms with Gasteiger partial charge in [-0.2, -0.15) is 19.0 Å². The van der Waals surface area contributed by atoms with Crippen LogP contribution in [0.1, 0.15) is 90.4 Å². The standard InChI is InChI=1S/C43H38ClF6N7O2S/c1-42(2,41-51-12-13-52-41)11-10-26-6-7-28(29-8-9-32(44)35-33(21-60(4,5)59)54-56(3)38(29)35)36(53-26)23(14-22-15-24(45)18-25(46)16-22)17-27(58)20-57-39-34(37(55-57)40(47)48)30-19-31(30)43(39,49)50/h6-9,12-13,15-16,18,23,30-31,40H,4,14,17,19-21H2,1-3,5H3,(H,51,52)/t23-,30+,31-,60?/m1/s1. The van der Waals surface area contributed by atoms with Crippen molar-refractivity contribution < 1.29 is 35.3 Å². The van der Waals surface area contributed by atoms with Crippen LogP contribution in [0.15, 0.2) is 54.9 Å². The Hall–Kier alpha value is -5.40. The lowest BCUT2D eigenvalue weighted by Crippen LogP contribution is -2.24. The number of nitrogens with one attached hydrogen (secondary N) is 1. The number of halogens is 7. The first kappa shape index (κ1) is 41.3. The highest BCUT2D eigenvalue weighted by atomic mass is 35.5. The van der Waals surface area contributed by atoms with E-state index < -0.39 is 86.8 Å². The molecule has 1 saturated carbocycles. The topological polar surface area (TPSA) is 111 Å². The van der Waals surface area contributed by atoms with Crippen LogP contribution in [0.2, 0.25) is 5.02 Å². The second kappa shape index (κ2) is 14.9.